The third kappa shape index (κ3) is 5.82. The maximum atomic E-state index is 14.6. The average Bonchev–Trinajstić information content (AvgIpc) is 3.26. The van der Waals surface area contributed by atoms with Crippen molar-refractivity contribution in [1.29, 1.82) is 0 Å². The number of fused-ring (bicyclic) bond motifs is 1. The van der Waals surface area contributed by atoms with Crippen LogP contribution in [0.5, 0.6) is 0 Å². The summed E-state index contributed by atoms with van der Waals surface area (Å²) < 4.78 is 43.3. The molecule has 0 spiro atoms. The minimum atomic E-state index is -1.01. The predicted octanol–water partition coefficient (Wildman–Crippen LogP) is 3.87. The van der Waals surface area contributed by atoms with Crippen molar-refractivity contribution in [3.05, 3.63) is 93.6 Å². The number of nitro groups is 1. The van der Waals surface area contributed by atoms with Crippen molar-refractivity contribution >= 4 is 22.6 Å². The summed E-state index contributed by atoms with van der Waals surface area (Å²) >= 11 is 0. The number of carbonyl (C=O) groups excluding carboxylic acids is 1. The molecule has 4 rings (SSSR count). The minimum Gasteiger partial charge on any atom is -0.348 e. The highest BCUT2D eigenvalue weighted by atomic mass is 19.2. The molecule has 38 heavy (non-hydrogen) atoms. The standard InChI is InChI=1S/C26H25F3N6O3/c27-20-7-5-19(35(37)38)10-17(20)14-34-24-8-4-16(15-3-6-21(28)22(29)11-15)12-23(24)33-25(34)26(36)32-13-18(31)2-1-9-30/h3-8,10-12,18H,1-2,9,13-14,30-31H2,(H,32,36)/t18-/m0/s1. The van der Waals surface area contributed by atoms with Gasteiger partial charge in [-0.25, -0.2) is 18.2 Å². The maximum Gasteiger partial charge on any atom is 0.287 e. The molecule has 198 valence electrons. The van der Waals surface area contributed by atoms with Gasteiger partial charge in [0, 0.05) is 30.3 Å². The second-order valence-corrected chi connectivity index (χ2v) is 8.79. The second kappa shape index (κ2) is 11.4. The monoisotopic (exact) mass is 526 g/mol. The molecular formula is C26H25F3N6O3. The molecule has 0 aliphatic heterocycles. The van der Waals surface area contributed by atoms with Gasteiger partial charge in [0.1, 0.15) is 5.82 Å². The van der Waals surface area contributed by atoms with E-state index in [1.165, 1.54) is 10.6 Å². The number of non-ortho nitro benzene ring substituents is 1. The first kappa shape index (κ1) is 26.8. The molecule has 1 atom stereocenters. The fraction of sp³-hybridized carbons (Fsp3) is 0.231. The zero-order chi connectivity index (χ0) is 27.4. The minimum absolute atomic E-state index is 0.0168. The van der Waals surface area contributed by atoms with Gasteiger partial charge in [0.15, 0.2) is 17.5 Å². The van der Waals surface area contributed by atoms with Crippen molar-refractivity contribution in [2.45, 2.75) is 25.4 Å². The van der Waals surface area contributed by atoms with Crippen molar-refractivity contribution in [3.63, 3.8) is 0 Å². The molecule has 12 heteroatoms. The Bertz CT molecular complexity index is 1510. The molecule has 1 heterocycles. The lowest BCUT2D eigenvalue weighted by molar-refractivity contribution is -0.385. The summed E-state index contributed by atoms with van der Waals surface area (Å²) in [5.74, 6) is -3.34. The summed E-state index contributed by atoms with van der Waals surface area (Å²) in [6, 6.07) is 11.1. The Kier molecular flexibility index (Phi) is 8.03. The van der Waals surface area contributed by atoms with Crippen LogP contribution in [-0.4, -0.2) is 39.5 Å². The zero-order valence-electron chi connectivity index (χ0n) is 20.2. The summed E-state index contributed by atoms with van der Waals surface area (Å²) in [7, 11) is 0. The van der Waals surface area contributed by atoms with Crippen molar-refractivity contribution in [1.82, 2.24) is 14.9 Å². The first-order valence-corrected chi connectivity index (χ1v) is 11.8. The van der Waals surface area contributed by atoms with E-state index in [2.05, 4.69) is 10.3 Å². The van der Waals surface area contributed by atoms with E-state index >= 15 is 0 Å². The van der Waals surface area contributed by atoms with Gasteiger partial charge in [-0.2, -0.15) is 0 Å². The largest absolute Gasteiger partial charge is 0.348 e. The van der Waals surface area contributed by atoms with Gasteiger partial charge < -0.3 is 21.4 Å². The van der Waals surface area contributed by atoms with E-state index < -0.39 is 28.3 Å². The molecule has 4 aromatic rings. The lowest BCUT2D eigenvalue weighted by atomic mass is 10.0. The number of carbonyl (C=O) groups is 1. The first-order chi connectivity index (χ1) is 18.2. The summed E-state index contributed by atoms with van der Waals surface area (Å²) in [4.78, 5) is 28.1. The molecule has 0 aliphatic carbocycles. The number of nitro benzene ring substituents is 1. The molecule has 0 unspecified atom stereocenters. The lowest BCUT2D eigenvalue weighted by Gasteiger charge is -2.13. The second-order valence-electron chi connectivity index (χ2n) is 8.79. The Hall–Kier alpha value is -4.29. The van der Waals surface area contributed by atoms with E-state index in [9.17, 15) is 28.1 Å². The topological polar surface area (TPSA) is 142 Å². The van der Waals surface area contributed by atoms with Crippen LogP contribution in [0.4, 0.5) is 18.9 Å². The predicted molar refractivity (Wildman–Crippen MR) is 136 cm³/mol. The molecule has 5 N–H and O–H groups in total. The Labute approximate surface area is 215 Å². The number of aromatic nitrogens is 2. The van der Waals surface area contributed by atoms with Crippen LogP contribution in [0.15, 0.2) is 54.6 Å². The third-order valence-electron chi connectivity index (χ3n) is 6.08. The van der Waals surface area contributed by atoms with Crippen LogP contribution in [0, 0.1) is 27.6 Å². The molecule has 1 amide bonds. The number of benzene rings is 3. The number of nitrogens with zero attached hydrogens (tertiary/aromatic N) is 3. The van der Waals surface area contributed by atoms with Crippen molar-refractivity contribution in [2.24, 2.45) is 11.5 Å². The van der Waals surface area contributed by atoms with Crippen LogP contribution in [-0.2, 0) is 6.54 Å². The van der Waals surface area contributed by atoms with Crippen molar-refractivity contribution in [2.75, 3.05) is 13.1 Å². The molecule has 0 fully saturated rings. The Morgan fingerprint density at radius 3 is 2.45 bits per heavy atom. The molecule has 9 nitrogen and oxygen atoms in total. The smallest absolute Gasteiger partial charge is 0.287 e. The van der Waals surface area contributed by atoms with E-state index in [0.29, 0.717) is 41.5 Å². The Balaban J connectivity index is 1.75. The SMILES string of the molecule is NCCC[C@H](N)CNC(=O)c1nc2cc(-c3ccc(F)c(F)c3)ccc2n1Cc1cc([N+](=O)[O-])ccc1F. The maximum absolute atomic E-state index is 14.6. The number of nitrogens with one attached hydrogen (secondary N) is 1. The Morgan fingerprint density at radius 1 is 1.03 bits per heavy atom. The van der Waals surface area contributed by atoms with Crippen LogP contribution >= 0.6 is 0 Å². The summed E-state index contributed by atoms with van der Waals surface area (Å²) in [5, 5.41) is 13.9. The molecule has 0 aliphatic rings. The number of hydrogen-bond acceptors (Lipinski definition) is 6. The van der Waals surface area contributed by atoms with Gasteiger partial charge in [-0.15, -0.1) is 0 Å². The van der Waals surface area contributed by atoms with E-state index in [0.717, 1.165) is 30.3 Å². The number of imidazole rings is 1. The van der Waals surface area contributed by atoms with Gasteiger partial charge in [-0.1, -0.05) is 12.1 Å². The summed E-state index contributed by atoms with van der Waals surface area (Å²) in [5.41, 5.74) is 12.9. The van der Waals surface area contributed by atoms with Crippen molar-refractivity contribution in [3.8, 4) is 11.1 Å². The molecule has 0 radical (unpaired) electrons. The van der Waals surface area contributed by atoms with Crippen LogP contribution in [0.2, 0.25) is 0 Å². The summed E-state index contributed by atoms with van der Waals surface area (Å²) in [6.07, 6.45) is 1.29. The molecular weight excluding hydrogens is 501 g/mol. The molecule has 0 bridgehead atoms. The van der Waals surface area contributed by atoms with Gasteiger partial charge >= 0.3 is 0 Å². The van der Waals surface area contributed by atoms with E-state index in [-0.39, 0.29) is 36.2 Å². The van der Waals surface area contributed by atoms with E-state index in [1.54, 1.807) is 18.2 Å². The molecule has 0 saturated heterocycles. The summed E-state index contributed by atoms with van der Waals surface area (Å²) in [6.45, 7) is 0.385. The number of rotatable bonds is 10. The van der Waals surface area contributed by atoms with Gasteiger partial charge in [-0.3, -0.25) is 14.9 Å². The molecule has 3 aromatic carbocycles. The number of hydrogen-bond donors (Lipinski definition) is 3. The van der Waals surface area contributed by atoms with Crippen LogP contribution < -0.4 is 16.8 Å². The first-order valence-electron chi connectivity index (χ1n) is 11.8. The van der Waals surface area contributed by atoms with E-state index in [1.807, 2.05) is 0 Å². The third-order valence-corrected chi connectivity index (χ3v) is 6.08. The molecule has 0 saturated carbocycles. The lowest BCUT2D eigenvalue weighted by Crippen LogP contribution is -2.38. The Morgan fingerprint density at radius 2 is 1.74 bits per heavy atom. The van der Waals surface area contributed by atoms with Crippen LogP contribution in [0.3, 0.4) is 0 Å². The van der Waals surface area contributed by atoms with Crippen molar-refractivity contribution < 1.29 is 22.9 Å². The fourth-order valence-corrected chi connectivity index (χ4v) is 4.07. The highest BCUT2D eigenvalue weighted by Crippen LogP contribution is 2.28. The molecule has 1 aromatic heterocycles. The highest BCUT2D eigenvalue weighted by Gasteiger charge is 2.21. The van der Waals surface area contributed by atoms with Gasteiger partial charge in [-0.05, 0) is 60.8 Å². The van der Waals surface area contributed by atoms with Gasteiger partial charge in [0.2, 0.25) is 0 Å². The average molecular weight is 527 g/mol. The quantitative estimate of drug-likeness (QED) is 0.212. The number of nitrogens with two attached hydrogens (primary N) is 2. The number of halogens is 3. The van der Waals surface area contributed by atoms with Gasteiger partial charge in [0.25, 0.3) is 11.6 Å². The zero-order valence-corrected chi connectivity index (χ0v) is 20.2. The van der Waals surface area contributed by atoms with Gasteiger partial charge in [0.05, 0.1) is 22.5 Å². The fourth-order valence-electron chi connectivity index (χ4n) is 4.07. The highest BCUT2D eigenvalue weighted by molar-refractivity contribution is 5.95. The number of amides is 1. The van der Waals surface area contributed by atoms with Crippen LogP contribution in [0.25, 0.3) is 22.2 Å². The normalized spacial score (nSPS) is 12.0. The van der Waals surface area contributed by atoms with E-state index in [4.69, 9.17) is 11.5 Å². The van der Waals surface area contributed by atoms with Crippen LogP contribution in [0.1, 0.15) is 29.0 Å².